The maximum atomic E-state index is 10.4. The van der Waals surface area contributed by atoms with Gasteiger partial charge in [-0.15, -0.1) is 24.8 Å². The molecule has 5 nitrogen and oxygen atoms in total. The Bertz CT molecular complexity index is 1020. The molecular formula is C26H30Cl4N2O3. The molecule has 1 saturated heterocycles. The summed E-state index contributed by atoms with van der Waals surface area (Å²) >= 11 is 12.3. The molecule has 9 heteroatoms. The van der Waals surface area contributed by atoms with Crippen LogP contribution in [0.2, 0.25) is 10.0 Å². The minimum absolute atomic E-state index is 0. The molecule has 1 atom stereocenters. The minimum Gasteiger partial charge on any atom is -0.488 e. The highest BCUT2D eigenvalue weighted by molar-refractivity contribution is 6.37. The van der Waals surface area contributed by atoms with Crippen LogP contribution in [-0.2, 0) is 0 Å². The molecule has 3 aromatic carbocycles. The van der Waals surface area contributed by atoms with Crippen molar-refractivity contribution in [3.05, 3.63) is 82.3 Å². The Labute approximate surface area is 228 Å². The second-order valence-electron chi connectivity index (χ2n) is 8.34. The highest BCUT2D eigenvalue weighted by Gasteiger charge is 2.23. The van der Waals surface area contributed by atoms with Gasteiger partial charge in [0.1, 0.15) is 24.2 Å². The number of ether oxygens (including phenoxy) is 2. The van der Waals surface area contributed by atoms with Crippen LogP contribution in [0.25, 0.3) is 0 Å². The lowest BCUT2D eigenvalue weighted by molar-refractivity contribution is 0.0595. The van der Waals surface area contributed by atoms with E-state index >= 15 is 0 Å². The molecule has 0 saturated carbocycles. The average molecular weight is 560 g/mol. The number of para-hydroxylation sites is 1. The molecule has 1 heterocycles. The molecule has 3 aromatic rings. The van der Waals surface area contributed by atoms with Crippen molar-refractivity contribution in [1.82, 2.24) is 4.90 Å². The number of halogens is 4. The quantitative estimate of drug-likeness (QED) is 0.296. The number of nitrogens with zero attached hydrogens (tertiary/aromatic N) is 1. The predicted molar refractivity (Wildman–Crippen MR) is 148 cm³/mol. The summed E-state index contributed by atoms with van der Waals surface area (Å²) in [5.74, 6) is 2.53. The summed E-state index contributed by atoms with van der Waals surface area (Å²) in [5, 5.41) is 11.1. The topological polar surface area (TPSA) is 68.0 Å². The van der Waals surface area contributed by atoms with Gasteiger partial charge in [-0.2, -0.15) is 0 Å². The number of piperidine rings is 1. The first-order valence-electron chi connectivity index (χ1n) is 11.1. The van der Waals surface area contributed by atoms with Gasteiger partial charge in [-0.25, -0.2) is 0 Å². The Balaban J connectivity index is 0.00000216. The number of hydrogen-bond acceptors (Lipinski definition) is 5. The highest BCUT2D eigenvalue weighted by Crippen LogP contribution is 2.35. The van der Waals surface area contributed by atoms with Crippen molar-refractivity contribution < 1.29 is 14.6 Å². The molecular weight excluding hydrogens is 530 g/mol. The Kier molecular flexibility index (Phi) is 11.8. The Morgan fingerprint density at radius 3 is 2.09 bits per heavy atom. The van der Waals surface area contributed by atoms with Crippen LogP contribution < -0.4 is 15.2 Å². The van der Waals surface area contributed by atoms with Crippen LogP contribution in [0.5, 0.6) is 17.2 Å². The van der Waals surface area contributed by atoms with Gasteiger partial charge in [0.15, 0.2) is 5.75 Å². The zero-order chi connectivity index (χ0) is 23.2. The van der Waals surface area contributed by atoms with Gasteiger partial charge in [0, 0.05) is 12.2 Å². The van der Waals surface area contributed by atoms with E-state index in [1.807, 2.05) is 42.5 Å². The Morgan fingerprint density at radius 2 is 1.49 bits per heavy atom. The zero-order valence-electron chi connectivity index (χ0n) is 19.1. The fourth-order valence-corrected chi connectivity index (χ4v) is 4.74. The van der Waals surface area contributed by atoms with Crippen LogP contribution in [0.1, 0.15) is 24.3 Å². The molecule has 1 aliphatic heterocycles. The van der Waals surface area contributed by atoms with Gasteiger partial charge >= 0.3 is 0 Å². The van der Waals surface area contributed by atoms with Crippen LogP contribution in [0.3, 0.4) is 0 Å². The van der Waals surface area contributed by atoms with E-state index in [0.29, 0.717) is 33.9 Å². The standard InChI is InChI=1S/C26H28Cl2N2O3.2ClH/c27-24-14-20(29)15-25(28)26(24)32-17-21(31)16-30-12-10-19(11-13-30)18-6-8-23(9-7-18)33-22-4-2-1-3-5-22;;/h1-9,14-15,19,21,31H,10-13,16-17,29H2;2*1H. The SMILES string of the molecule is Cl.Cl.Nc1cc(Cl)c(OCC(O)CN2CCC(c3ccc(Oc4ccccc4)cc3)CC2)c(Cl)c1. The van der Waals surface area contributed by atoms with Crippen LogP contribution >= 0.6 is 48.0 Å². The molecule has 1 fully saturated rings. The van der Waals surface area contributed by atoms with E-state index in [4.69, 9.17) is 38.4 Å². The molecule has 0 aliphatic carbocycles. The first-order valence-corrected chi connectivity index (χ1v) is 11.8. The number of β-amino-alcohol motifs (C(OH)–C–C–N with tert-alkyl or cyclic N) is 1. The largest absolute Gasteiger partial charge is 0.488 e. The Morgan fingerprint density at radius 1 is 0.914 bits per heavy atom. The number of rotatable bonds is 8. The summed E-state index contributed by atoms with van der Waals surface area (Å²) in [5.41, 5.74) is 7.51. The molecule has 0 bridgehead atoms. The molecule has 0 amide bonds. The lowest BCUT2D eigenvalue weighted by Crippen LogP contribution is -2.40. The molecule has 0 aromatic heterocycles. The van der Waals surface area contributed by atoms with E-state index in [-0.39, 0.29) is 31.4 Å². The third kappa shape index (κ3) is 8.35. The summed E-state index contributed by atoms with van der Waals surface area (Å²) < 4.78 is 11.5. The molecule has 1 aliphatic rings. The maximum absolute atomic E-state index is 10.4. The molecule has 3 N–H and O–H groups in total. The van der Waals surface area contributed by atoms with Crippen molar-refractivity contribution in [2.75, 3.05) is 32.0 Å². The zero-order valence-corrected chi connectivity index (χ0v) is 22.3. The number of benzene rings is 3. The summed E-state index contributed by atoms with van der Waals surface area (Å²) in [6, 6.07) is 21.3. The molecule has 35 heavy (non-hydrogen) atoms. The summed E-state index contributed by atoms with van der Waals surface area (Å²) in [6.07, 6.45) is 1.45. The summed E-state index contributed by atoms with van der Waals surface area (Å²) in [7, 11) is 0. The number of aliphatic hydroxyl groups is 1. The van der Waals surface area contributed by atoms with E-state index in [1.165, 1.54) is 5.56 Å². The minimum atomic E-state index is -0.638. The number of aliphatic hydroxyl groups excluding tert-OH is 1. The van der Waals surface area contributed by atoms with Gasteiger partial charge in [0.25, 0.3) is 0 Å². The fourth-order valence-electron chi connectivity index (χ4n) is 4.13. The number of likely N-dealkylation sites (tertiary alicyclic amines) is 1. The summed E-state index contributed by atoms with van der Waals surface area (Å²) in [6.45, 7) is 2.51. The maximum Gasteiger partial charge on any atom is 0.156 e. The second-order valence-corrected chi connectivity index (χ2v) is 9.15. The number of nitrogens with two attached hydrogens (primary N) is 1. The van der Waals surface area contributed by atoms with Crippen LogP contribution in [0.4, 0.5) is 5.69 Å². The molecule has 4 rings (SSSR count). The van der Waals surface area contributed by atoms with Crippen LogP contribution in [0.15, 0.2) is 66.7 Å². The van der Waals surface area contributed by atoms with Gasteiger partial charge in [0.05, 0.1) is 10.0 Å². The van der Waals surface area contributed by atoms with Gasteiger partial charge < -0.3 is 25.2 Å². The van der Waals surface area contributed by atoms with Gasteiger partial charge in [-0.05, 0) is 73.8 Å². The lowest BCUT2D eigenvalue weighted by atomic mass is 9.89. The molecule has 0 spiro atoms. The number of hydrogen-bond donors (Lipinski definition) is 2. The van der Waals surface area contributed by atoms with E-state index in [1.54, 1.807) is 12.1 Å². The van der Waals surface area contributed by atoms with Crippen molar-refractivity contribution in [3.8, 4) is 17.2 Å². The molecule has 1 unspecified atom stereocenters. The lowest BCUT2D eigenvalue weighted by Gasteiger charge is -2.33. The monoisotopic (exact) mass is 558 g/mol. The fraction of sp³-hybridized carbons (Fsp3) is 0.308. The molecule has 190 valence electrons. The average Bonchev–Trinajstić information content (AvgIpc) is 2.80. The third-order valence-electron chi connectivity index (χ3n) is 5.83. The first kappa shape index (κ1) is 29.4. The van der Waals surface area contributed by atoms with Crippen molar-refractivity contribution in [3.63, 3.8) is 0 Å². The Hall–Kier alpha value is -1.86. The number of nitrogen functional groups attached to an aromatic ring is 1. The third-order valence-corrected chi connectivity index (χ3v) is 6.39. The predicted octanol–water partition coefficient (Wildman–Crippen LogP) is 6.83. The van der Waals surface area contributed by atoms with Crippen LogP contribution in [-0.4, -0.2) is 42.4 Å². The molecule has 0 radical (unpaired) electrons. The van der Waals surface area contributed by atoms with Gasteiger partial charge in [0.2, 0.25) is 0 Å². The van der Waals surface area contributed by atoms with Crippen LogP contribution in [0, 0.1) is 0 Å². The van der Waals surface area contributed by atoms with Crippen molar-refractivity contribution >= 4 is 53.7 Å². The highest BCUT2D eigenvalue weighted by atomic mass is 35.5. The first-order chi connectivity index (χ1) is 16.0. The normalized spacial score (nSPS) is 14.9. The van der Waals surface area contributed by atoms with Crippen molar-refractivity contribution in [2.45, 2.75) is 24.9 Å². The second kappa shape index (κ2) is 14.0. The van der Waals surface area contributed by atoms with Crippen molar-refractivity contribution in [1.29, 1.82) is 0 Å². The van der Waals surface area contributed by atoms with Gasteiger partial charge in [-0.3, -0.25) is 0 Å². The van der Waals surface area contributed by atoms with E-state index < -0.39 is 6.10 Å². The summed E-state index contributed by atoms with van der Waals surface area (Å²) in [4.78, 5) is 2.27. The van der Waals surface area contributed by atoms with E-state index in [0.717, 1.165) is 37.4 Å². The smallest absolute Gasteiger partial charge is 0.156 e. The van der Waals surface area contributed by atoms with E-state index in [9.17, 15) is 5.11 Å². The number of anilines is 1. The van der Waals surface area contributed by atoms with Crippen molar-refractivity contribution in [2.24, 2.45) is 0 Å². The van der Waals surface area contributed by atoms with Gasteiger partial charge in [-0.1, -0.05) is 53.5 Å². The van der Waals surface area contributed by atoms with E-state index in [2.05, 4.69) is 17.0 Å².